The number of anilines is 1. The summed E-state index contributed by atoms with van der Waals surface area (Å²) >= 11 is 3.44. The van der Waals surface area contributed by atoms with Crippen LogP contribution in [0.25, 0.3) is 0 Å². The van der Waals surface area contributed by atoms with Crippen LogP contribution in [0, 0.1) is 13.8 Å². The molecule has 1 aromatic heterocycles. The summed E-state index contributed by atoms with van der Waals surface area (Å²) in [6, 6.07) is 10.8. The van der Waals surface area contributed by atoms with Crippen LogP contribution < -0.4 is 5.32 Å². The first kappa shape index (κ1) is 15.0. The van der Waals surface area contributed by atoms with Crippen molar-refractivity contribution in [1.29, 1.82) is 0 Å². The fourth-order valence-corrected chi connectivity index (χ4v) is 2.58. The molecule has 0 aliphatic heterocycles. The lowest BCUT2D eigenvalue weighted by Crippen LogP contribution is -2.28. The Hall–Kier alpha value is -1.35. The highest BCUT2D eigenvalue weighted by Gasteiger charge is 2.20. The van der Waals surface area contributed by atoms with E-state index in [1.165, 1.54) is 11.1 Å². The molecule has 0 aliphatic rings. The Morgan fingerprint density at radius 2 is 1.80 bits per heavy atom. The van der Waals surface area contributed by atoms with Gasteiger partial charge in [-0.05, 0) is 47.0 Å². The molecule has 0 unspecified atom stereocenters. The van der Waals surface area contributed by atoms with Gasteiger partial charge in [-0.25, -0.2) is 4.98 Å². The number of benzene rings is 1. The van der Waals surface area contributed by atoms with E-state index in [-0.39, 0.29) is 5.41 Å². The van der Waals surface area contributed by atoms with Crippen molar-refractivity contribution in [2.75, 3.05) is 11.9 Å². The van der Waals surface area contributed by atoms with Crippen LogP contribution in [0.3, 0.4) is 0 Å². The maximum absolute atomic E-state index is 4.43. The van der Waals surface area contributed by atoms with Crippen molar-refractivity contribution in [1.82, 2.24) is 4.98 Å². The molecule has 0 saturated heterocycles. The van der Waals surface area contributed by atoms with Crippen molar-refractivity contribution in [2.24, 2.45) is 0 Å². The molecule has 0 radical (unpaired) electrons. The number of hydrogen-bond acceptors (Lipinski definition) is 2. The Bertz CT molecular complexity index is 588. The van der Waals surface area contributed by atoms with E-state index in [1.807, 2.05) is 6.20 Å². The van der Waals surface area contributed by atoms with E-state index in [0.717, 1.165) is 22.4 Å². The number of nitrogens with zero attached hydrogens (tertiary/aromatic N) is 1. The SMILES string of the molecule is Cc1ccc(C(C)(C)CNc2ncc(Br)cc2C)cc1. The van der Waals surface area contributed by atoms with E-state index in [2.05, 4.69) is 84.3 Å². The van der Waals surface area contributed by atoms with Crippen molar-refractivity contribution < 1.29 is 0 Å². The van der Waals surface area contributed by atoms with Crippen LogP contribution in [0.5, 0.6) is 0 Å². The monoisotopic (exact) mass is 332 g/mol. The summed E-state index contributed by atoms with van der Waals surface area (Å²) in [5.74, 6) is 0.952. The normalized spacial score (nSPS) is 11.4. The van der Waals surface area contributed by atoms with Crippen molar-refractivity contribution in [3.8, 4) is 0 Å². The van der Waals surface area contributed by atoms with Gasteiger partial charge in [0, 0.05) is 22.6 Å². The molecule has 106 valence electrons. The first-order valence-electron chi connectivity index (χ1n) is 6.82. The quantitative estimate of drug-likeness (QED) is 0.865. The molecule has 1 heterocycles. The molecule has 0 aliphatic carbocycles. The van der Waals surface area contributed by atoms with E-state index in [9.17, 15) is 0 Å². The van der Waals surface area contributed by atoms with Crippen LogP contribution in [-0.4, -0.2) is 11.5 Å². The number of halogens is 1. The summed E-state index contributed by atoms with van der Waals surface area (Å²) in [6.07, 6.45) is 1.83. The molecule has 20 heavy (non-hydrogen) atoms. The fraction of sp³-hybridized carbons (Fsp3) is 0.353. The number of hydrogen-bond donors (Lipinski definition) is 1. The van der Waals surface area contributed by atoms with Crippen molar-refractivity contribution in [3.63, 3.8) is 0 Å². The van der Waals surface area contributed by atoms with Gasteiger partial charge in [-0.15, -0.1) is 0 Å². The first-order valence-corrected chi connectivity index (χ1v) is 7.61. The van der Waals surface area contributed by atoms with E-state index in [1.54, 1.807) is 0 Å². The van der Waals surface area contributed by atoms with Gasteiger partial charge in [-0.2, -0.15) is 0 Å². The number of nitrogens with one attached hydrogen (secondary N) is 1. The van der Waals surface area contributed by atoms with Crippen LogP contribution >= 0.6 is 15.9 Å². The molecule has 2 rings (SSSR count). The van der Waals surface area contributed by atoms with E-state index in [4.69, 9.17) is 0 Å². The van der Waals surface area contributed by atoms with Crippen LogP contribution in [0.15, 0.2) is 41.0 Å². The first-order chi connectivity index (χ1) is 9.38. The van der Waals surface area contributed by atoms with Crippen molar-refractivity contribution in [2.45, 2.75) is 33.1 Å². The lowest BCUT2D eigenvalue weighted by Gasteiger charge is -2.26. The van der Waals surface area contributed by atoms with Crippen LogP contribution in [-0.2, 0) is 5.41 Å². The third-order valence-electron chi connectivity index (χ3n) is 3.58. The van der Waals surface area contributed by atoms with E-state index >= 15 is 0 Å². The average molecular weight is 333 g/mol. The third kappa shape index (κ3) is 3.60. The van der Waals surface area contributed by atoms with Gasteiger partial charge in [0.2, 0.25) is 0 Å². The zero-order valence-corrected chi connectivity index (χ0v) is 14.1. The summed E-state index contributed by atoms with van der Waals surface area (Å²) in [4.78, 5) is 4.43. The lowest BCUT2D eigenvalue weighted by molar-refractivity contribution is 0.556. The van der Waals surface area contributed by atoms with Crippen LogP contribution in [0.1, 0.15) is 30.5 Å². The lowest BCUT2D eigenvalue weighted by atomic mass is 9.84. The molecule has 0 fully saturated rings. The maximum atomic E-state index is 4.43. The summed E-state index contributed by atoms with van der Waals surface area (Å²) in [5.41, 5.74) is 3.85. The second-order valence-corrected chi connectivity index (χ2v) is 6.84. The Morgan fingerprint density at radius 1 is 1.15 bits per heavy atom. The zero-order valence-electron chi connectivity index (χ0n) is 12.5. The Morgan fingerprint density at radius 3 is 2.40 bits per heavy atom. The van der Waals surface area contributed by atoms with Crippen LogP contribution in [0.4, 0.5) is 5.82 Å². The minimum Gasteiger partial charge on any atom is -0.369 e. The number of rotatable bonds is 4. The molecule has 0 saturated carbocycles. The topological polar surface area (TPSA) is 24.9 Å². The van der Waals surface area contributed by atoms with Gasteiger partial charge in [0.1, 0.15) is 5.82 Å². The highest BCUT2D eigenvalue weighted by atomic mass is 79.9. The minimum absolute atomic E-state index is 0.0644. The second-order valence-electron chi connectivity index (χ2n) is 5.92. The summed E-state index contributed by atoms with van der Waals surface area (Å²) < 4.78 is 1.01. The molecule has 3 heteroatoms. The summed E-state index contributed by atoms with van der Waals surface area (Å²) in [7, 11) is 0. The van der Waals surface area contributed by atoms with E-state index < -0.39 is 0 Å². The molecular formula is C17H21BrN2. The third-order valence-corrected chi connectivity index (χ3v) is 4.01. The second kappa shape index (κ2) is 5.96. The highest BCUT2D eigenvalue weighted by Crippen LogP contribution is 2.25. The number of aryl methyl sites for hydroxylation is 2. The number of pyridine rings is 1. The standard InChI is InChI=1S/C17H21BrN2/c1-12-5-7-14(8-6-12)17(3,4)11-20-16-13(2)9-15(18)10-19-16/h5-10H,11H2,1-4H3,(H,19,20). The van der Waals surface area contributed by atoms with Crippen molar-refractivity contribution >= 4 is 21.7 Å². The van der Waals surface area contributed by atoms with Gasteiger partial charge in [0.15, 0.2) is 0 Å². The van der Waals surface area contributed by atoms with Gasteiger partial charge >= 0.3 is 0 Å². The molecule has 2 aromatic rings. The molecule has 0 bridgehead atoms. The van der Waals surface area contributed by atoms with Gasteiger partial charge in [-0.3, -0.25) is 0 Å². The van der Waals surface area contributed by atoms with Crippen molar-refractivity contribution in [3.05, 3.63) is 57.7 Å². The Balaban J connectivity index is 2.10. The fourth-order valence-electron chi connectivity index (χ4n) is 2.14. The molecular weight excluding hydrogens is 312 g/mol. The van der Waals surface area contributed by atoms with E-state index in [0.29, 0.717) is 0 Å². The largest absolute Gasteiger partial charge is 0.369 e. The smallest absolute Gasteiger partial charge is 0.128 e. The van der Waals surface area contributed by atoms with Gasteiger partial charge in [-0.1, -0.05) is 43.7 Å². The predicted molar refractivity (Wildman–Crippen MR) is 89.4 cm³/mol. The van der Waals surface area contributed by atoms with Gasteiger partial charge < -0.3 is 5.32 Å². The summed E-state index contributed by atoms with van der Waals surface area (Å²) in [5, 5.41) is 3.46. The molecule has 0 spiro atoms. The zero-order chi connectivity index (χ0) is 14.8. The maximum Gasteiger partial charge on any atom is 0.128 e. The van der Waals surface area contributed by atoms with Gasteiger partial charge in [0.05, 0.1) is 0 Å². The Labute approximate surface area is 129 Å². The average Bonchev–Trinajstić information content (AvgIpc) is 2.38. The summed E-state index contributed by atoms with van der Waals surface area (Å²) in [6.45, 7) is 9.53. The number of aromatic nitrogens is 1. The highest BCUT2D eigenvalue weighted by molar-refractivity contribution is 9.10. The Kier molecular flexibility index (Phi) is 4.48. The molecule has 1 aromatic carbocycles. The molecule has 0 amide bonds. The molecule has 2 nitrogen and oxygen atoms in total. The minimum atomic E-state index is 0.0644. The van der Waals surface area contributed by atoms with Crippen LogP contribution in [0.2, 0.25) is 0 Å². The van der Waals surface area contributed by atoms with Gasteiger partial charge in [0.25, 0.3) is 0 Å². The molecule has 0 atom stereocenters. The predicted octanol–water partition coefficient (Wildman–Crippen LogP) is 4.85. The molecule has 1 N–H and O–H groups in total.